The van der Waals surface area contributed by atoms with Gasteiger partial charge in [0.05, 0.1) is 34.3 Å². The van der Waals surface area contributed by atoms with Crippen molar-refractivity contribution in [3.8, 4) is 16.8 Å². The van der Waals surface area contributed by atoms with Crippen LogP contribution in [0.1, 0.15) is 5.69 Å². The molecular weight excluding hydrogens is 443 g/mol. The highest BCUT2D eigenvalue weighted by molar-refractivity contribution is 6.30. The molecule has 0 aliphatic heterocycles. The Balaban J connectivity index is 1.90. The second kappa shape index (κ2) is 7.10. The van der Waals surface area contributed by atoms with E-state index in [2.05, 4.69) is 15.0 Å². The molecular formula is C22H13ClF3N5O. The number of rotatable bonds is 2. The maximum atomic E-state index is 13.6. The number of benzene rings is 2. The molecule has 0 aliphatic carbocycles. The Morgan fingerprint density at radius 3 is 2.50 bits per heavy atom. The van der Waals surface area contributed by atoms with Crippen molar-refractivity contribution < 1.29 is 13.2 Å². The van der Waals surface area contributed by atoms with Gasteiger partial charge in [0.2, 0.25) is 0 Å². The summed E-state index contributed by atoms with van der Waals surface area (Å²) in [6, 6.07) is 13.3. The number of aromatic amines is 1. The van der Waals surface area contributed by atoms with Crippen molar-refractivity contribution in [2.24, 2.45) is 0 Å². The zero-order chi connectivity index (χ0) is 22.6. The topological polar surface area (TPSA) is 89.6 Å². The molecule has 5 aromatic rings. The van der Waals surface area contributed by atoms with E-state index in [0.29, 0.717) is 21.8 Å². The molecule has 0 saturated carbocycles. The Bertz CT molecular complexity index is 1550. The summed E-state index contributed by atoms with van der Waals surface area (Å²) in [6.45, 7) is 0. The van der Waals surface area contributed by atoms with Crippen molar-refractivity contribution in [3.05, 3.63) is 82.0 Å². The van der Waals surface area contributed by atoms with Crippen LogP contribution in [0.25, 0.3) is 38.9 Å². The van der Waals surface area contributed by atoms with Crippen LogP contribution >= 0.6 is 11.6 Å². The van der Waals surface area contributed by atoms with E-state index >= 15 is 0 Å². The van der Waals surface area contributed by atoms with E-state index in [9.17, 15) is 18.0 Å². The Hall–Kier alpha value is -3.85. The number of alkyl halides is 3. The molecule has 0 saturated heterocycles. The van der Waals surface area contributed by atoms with Crippen LogP contribution in [0.4, 0.5) is 18.9 Å². The number of hydrogen-bond acceptors (Lipinski definition) is 4. The van der Waals surface area contributed by atoms with Crippen LogP contribution in [-0.4, -0.2) is 19.5 Å². The summed E-state index contributed by atoms with van der Waals surface area (Å²) in [4.78, 5) is 24.5. The van der Waals surface area contributed by atoms with Gasteiger partial charge in [-0.15, -0.1) is 0 Å². The number of anilines is 1. The maximum absolute atomic E-state index is 13.6. The number of H-pyrrole nitrogens is 1. The Kier molecular flexibility index (Phi) is 4.45. The molecule has 0 radical (unpaired) electrons. The number of halogens is 4. The fraction of sp³-hybridized carbons (Fsp3) is 0.0455. The van der Waals surface area contributed by atoms with Gasteiger partial charge >= 0.3 is 6.18 Å². The van der Waals surface area contributed by atoms with Gasteiger partial charge in [-0.1, -0.05) is 17.7 Å². The smallest absolute Gasteiger partial charge is 0.397 e. The minimum absolute atomic E-state index is 0.0336. The maximum Gasteiger partial charge on any atom is 0.433 e. The van der Waals surface area contributed by atoms with Gasteiger partial charge in [0.1, 0.15) is 11.3 Å². The van der Waals surface area contributed by atoms with Gasteiger partial charge in [-0.3, -0.25) is 9.36 Å². The molecule has 0 spiro atoms. The number of nitrogens with two attached hydrogens (primary N) is 1. The van der Waals surface area contributed by atoms with Crippen LogP contribution in [0.2, 0.25) is 5.02 Å². The number of imidazole rings is 1. The van der Waals surface area contributed by atoms with E-state index in [0.717, 1.165) is 16.2 Å². The van der Waals surface area contributed by atoms with Gasteiger partial charge in [0.15, 0.2) is 0 Å². The van der Waals surface area contributed by atoms with E-state index in [1.54, 1.807) is 18.2 Å². The van der Waals surface area contributed by atoms with Crippen LogP contribution in [-0.2, 0) is 6.18 Å². The average molecular weight is 456 g/mol. The molecule has 3 heterocycles. The summed E-state index contributed by atoms with van der Waals surface area (Å²) in [7, 11) is 0. The number of nitrogens with zero attached hydrogens (tertiary/aromatic N) is 3. The fourth-order valence-electron chi connectivity index (χ4n) is 3.64. The van der Waals surface area contributed by atoms with Gasteiger partial charge in [-0.25, -0.2) is 9.97 Å². The summed E-state index contributed by atoms with van der Waals surface area (Å²) in [5, 5.41) is 0.624. The quantitative estimate of drug-likeness (QED) is 0.383. The van der Waals surface area contributed by atoms with Crippen LogP contribution in [0.15, 0.2) is 65.7 Å². The van der Waals surface area contributed by atoms with E-state index in [1.165, 1.54) is 36.7 Å². The van der Waals surface area contributed by atoms with Gasteiger partial charge in [-0.05, 0) is 54.1 Å². The zero-order valence-corrected chi connectivity index (χ0v) is 16.9. The molecule has 0 atom stereocenters. The van der Waals surface area contributed by atoms with Gasteiger partial charge < -0.3 is 10.7 Å². The zero-order valence-electron chi connectivity index (χ0n) is 16.1. The molecule has 32 heavy (non-hydrogen) atoms. The van der Waals surface area contributed by atoms with Crippen LogP contribution in [0, 0.1) is 0 Å². The molecule has 5 rings (SSSR count). The number of pyridine rings is 2. The Labute approximate surface area is 183 Å². The first-order valence-electron chi connectivity index (χ1n) is 9.36. The van der Waals surface area contributed by atoms with Crippen molar-refractivity contribution in [1.82, 2.24) is 19.5 Å². The average Bonchev–Trinajstić information content (AvgIpc) is 3.22. The normalized spacial score (nSPS) is 12.0. The van der Waals surface area contributed by atoms with Gasteiger partial charge in [0.25, 0.3) is 5.56 Å². The first-order valence-corrected chi connectivity index (χ1v) is 9.74. The van der Waals surface area contributed by atoms with Crippen molar-refractivity contribution in [2.75, 3.05) is 5.73 Å². The third-order valence-electron chi connectivity index (χ3n) is 5.15. The van der Waals surface area contributed by atoms with Crippen LogP contribution in [0.3, 0.4) is 0 Å². The molecule has 6 nitrogen and oxygen atoms in total. The molecule has 160 valence electrons. The van der Waals surface area contributed by atoms with Crippen LogP contribution < -0.4 is 11.3 Å². The molecule has 0 amide bonds. The third-order valence-corrected chi connectivity index (χ3v) is 5.40. The lowest BCUT2D eigenvalue weighted by molar-refractivity contribution is -0.141. The van der Waals surface area contributed by atoms with Crippen molar-refractivity contribution in [3.63, 3.8) is 0 Å². The number of nitrogens with one attached hydrogen (secondary N) is 1. The van der Waals surface area contributed by atoms with Crippen molar-refractivity contribution in [2.45, 2.75) is 6.18 Å². The first-order chi connectivity index (χ1) is 15.2. The SMILES string of the molecule is Nc1c(-c2ccc3[nH]cnc3c2)c(=O)n(-c2ccc(Cl)cc2)c2nc(C(F)(F)F)ccc12. The number of aromatic nitrogens is 4. The molecule has 3 aromatic heterocycles. The second-order valence-electron chi connectivity index (χ2n) is 7.11. The fourth-order valence-corrected chi connectivity index (χ4v) is 3.77. The van der Waals surface area contributed by atoms with Crippen molar-refractivity contribution >= 4 is 39.4 Å². The highest BCUT2D eigenvalue weighted by atomic mass is 35.5. The molecule has 0 fully saturated rings. The monoisotopic (exact) mass is 455 g/mol. The highest BCUT2D eigenvalue weighted by Gasteiger charge is 2.33. The lowest BCUT2D eigenvalue weighted by atomic mass is 10.0. The lowest BCUT2D eigenvalue weighted by Crippen LogP contribution is -2.24. The number of nitrogen functional groups attached to an aromatic ring is 1. The van der Waals surface area contributed by atoms with E-state index in [4.69, 9.17) is 17.3 Å². The number of fused-ring (bicyclic) bond motifs is 2. The lowest BCUT2D eigenvalue weighted by Gasteiger charge is -2.17. The van der Waals surface area contributed by atoms with Gasteiger partial charge in [0, 0.05) is 10.4 Å². The molecule has 10 heteroatoms. The van der Waals surface area contributed by atoms with Gasteiger partial charge in [-0.2, -0.15) is 13.2 Å². The summed E-state index contributed by atoms with van der Waals surface area (Å²) in [5.41, 5.74) is 6.72. The second-order valence-corrected chi connectivity index (χ2v) is 7.54. The minimum Gasteiger partial charge on any atom is -0.397 e. The Morgan fingerprint density at radius 1 is 1.03 bits per heavy atom. The van der Waals surface area contributed by atoms with Crippen molar-refractivity contribution in [1.29, 1.82) is 0 Å². The minimum atomic E-state index is -4.69. The molecule has 0 bridgehead atoms. The summed E-state index contributed by atoms with van der Waals surface area (Å²) in [6.07, 6.45) is -3.17. The number of hydrogen-bond donors (Lipinski definition) is 2. The molecule has 2 aromatic carbocycles. The summed E-state index contributed by atoms with van der Waals surface area (Å²) in [5.74, 6) is 0. The van der Waals surface area contributed by atoms with E-state index in [1.807, 2.05) is 0 Å². The largest absolute Gasteiger partial charge is 0.433 e. The van der Waals surface area contributed by atoms with E-state index < -0.39 is 17.4 Å². The predicted octanol–water partition coefficient (Wildman–Crippen LogP) is 5.18. The molecule has 0 unspecified atom stereocenters. The van der Waals surface area contributed by atoms with E-state index in [-0.39, 0.29) is 22.3 Å². The highest BCUT2D eigenvalue weighted by Crippen LogP contribution is 2.34. The predicted molar refractivity (Wildman–Crippen MR) is 117 cm³/mol. The molecule has 3 N–H and O–H groups in total. The molecule has 0 aliphatic rings. The van der Waals surface area contributed by atoms with Crippen LogP contribution in [0.5, 0.6) is 0 Å². The standard InChI is InChI=1S/C22H13ClF3N5O/c23-12-2-4-13(5-3-12)31-20-14(6-8-17(30-20)22(24,25)26)19(27)18(21(31)32)11-1-7-15-16(9-11)29-10-28-15/h1-10H,27H2,(H,28,29). The summed E-state index contributed by atoms with van der Waals surface area (Å²) < 4.78 is 41.2. The first kappa shape index (κ1) is 20.1. The summed E-state index contributed by atoms with van der Waals surface area (Å²) >= 11 is 5.96. The Morgan fingerprint density at radius 2 is 1.78 bits per heavy atom. The third kappa shape index (κ3) is 3.18.